The van der Waals surface area contributed by atoms with Gasteiger partial charge in [-0.1, -0.05) is 36.4 Å². The summed E-state index contributed by atoms with van der Waals surface area (Å²) in [5.74, 6) is -1.10. The van der Waals surface area contributed by atoms with E-state index in [-0.39, 0.29) is 18.4 Å². The Morgan fingerprint density at radius 3 is 2.38 bits per heavy atom. The zero-order valence-corrected chi connectivity index (χ0v) is 19.1. The molecule has 0 bridgehead atoms. The van der Waals surface area contributed by atoms with Crippen molar-refractivity contribution in [2.24, 2.45) is 0 Å². The smallest absolute Gasteiger partial charge is 0.261 e. The van der Waals surface area contributed by atoms with Gasteiger partial charge >= 0.3 is 0 Å². The summed E-state index contributed by atoms with van der Waals surface area (Å²) in [5.41, 5.74) is 0.609. The lowest BCUT2D eigenvalue weighted by Crippen LogP contribution is -2.51. The van der Waals surface area contributed by atoms with Crippen molar-refractivity contribution in [3.8, 4) is 0 Å². The van der Waals surface area contributed by atoms with E-state index in [2.05, 4.69) is 15.6 Å². The van der Waals surface area contributed by atoms with Crippen LogP contribution in [0.25, 0.3) is 0 Å². The van der Waals surface area contributed by atoms with Gasteiger partial charge in [-0.25, -0.2) is 0 Å². The van der Waals surface area contributed by atoms with E-state index < -0.39 is 17.5 Å². The van der Waals surface area contributed by atoms with Crippen molar-refractivity contribution >= 4 is 34.7 Å². The summed E-state index contributed by atoms with van der Waals surface area (Å²) in [4.78, 5) is 45.2. The molecule has 0 unspecified atom stereocenters. The second kappa shape index (κ2) is 10.2. The zero-order chi connectivity index (χ0) is 23.1. The number of nitrogens with zero attached hydrogens (tertiary/aromatic N) is 2. The number of nitrogens with one attached hydrogen (secondary N) is 2. The van der Waals surface area contributed by atoms with Gasteiger partial charge in [0.05, 0.1) is 23.3 Å². The van der Waals surface area contributed by atoms with Crippen molar-refractivity contribution in [1.82, 2.24) is 15.6 Å². The Hall–Kier alpha value is -3.52. The van der Waals surface area contributed by atoms with Gasteiger partial charge in [0.2, 0.25) is 11.8 Å². The Labute approximate surface area is 191 Å². The highest BCUT2D eigenvalue weighted by Crippen LogP contribution is 2.28. The summed E-state index contributed by atoms with van der Waals surface area (Å²) in [6.45, 7) is 5.37. The fraction of sp³-hybridized carbons (Fsp3) is 0.250. The fourth-order valence-electron chi connectivity index (χ4n) is 3.16. The van der Waals surface area contributed by atoms with Gasteiger partial charge in [0.1, 0.15) is 6.04 Å². The largest absolute Gasteiger partial charge is 0.349 e. The average molecular weight is 451 g/mol. The molecule has 166 valence electrons. The second-order valence-electron chi connectivity index (χ2n) is 8.19. The first-order valence-electron chi connectivity index (χ1n) is 10.2. The van der Waals surface area contributed by atoms with Crippen LogP contribution >= 0.6 is 11.3 Å². The van der Waals surface area contributed by atoms with E-state index in [1.165, 1.54) is 22.4 Å². The molecule has 0 aliphatic carbocycles. The molecule has 8 heteroatoms. The van der Waals surface area contributed by atoms with Gasteiger partial charge in [0.25, 0.3) is 5.91 Å². The molecule has 0 aliphatic heterocycles. The molecule has 3 rings (SSSR count). The fourth-order valence-corrected chi connectivity index (χ4v) is 3.80. The SMILES string of the molecule is CC(C)(C)NC(=O)[C@H](c1ccccc1)N(C(=O)CNC(=O)c1cccs1)c1cccnc1. The molecule has 0 radical (unpaired) electrons. The minimum Gasteiger partial charge on any atom is -0.349 e. The van der Waals surface area contributed by atoms with Crippen LogP contribution in [0.15, 0.2) is 72.4 Å². The molecule has 0 fully saturated rings. The Kier molecular flexibility index (Phi) is 7.37. The number of rotatable bonds is 7. The number of anilines is 1. The van der Waals surface area contributed by atoms with Crippen molar-refractivity contribution in [2.45, 2.75) is 32.4 Å². The number of hydrogen-bond donors (Lipinski definition) is 2. The summed E-state index contributed by atoms with van der Waals surface area (Å²) < 4.78 is 0. The number of carbonyl (C=O) groups is 3. The van der Waals surface area contributed by atoms with Crippen LogP contribution in [0.4, 0.5) is 5.69 Å². The van der Waals surface area contributed by atoms with Crippen molar-refractivity contribution in [1.29, 1.82) is 0 Å². The van der Waals surface area contributed by atoms with E-state index in [1.807, 2.05) is 39.0 Å². The highest BCUT2D eigenvalue weighted by atomic mass is 32.1. The maximum atomic E-state index is 13.4. The van der Waals surface area contributed by atoms with Crippen molar-refractivity contribution in [2.75, 3.05) is 11.4 Å². The van der Waals surface area contributed by atoms with Crippen molar-refractivity contribution < 1.29 is 14.4 Å². The van der Waals surface area contributed by atoms with Gasteiger partial charge in [-0.2, -0.15) is 0 Å². The van der Waals surface area contributed by atoms with E-state index in [0.29, 0.717) is 16.1 Å². The van der Waals surface area contributed by atoms with E-state index in [1.54, 1.807) is 48.0 Å². The quantitative estimate of drug-likeness (QED) is 0.576. The molecule has 2 N–H and O–H groups in total. The summed E-state index contributed by atoms with van der Waals surface area (Å²) in [5, 5.41) is 7.42. The van der Waals surface area contributed by atoms with E-state index in [0.717, 1.165) is 0 Å². The van der Waals surface area contributed by atoms with Crippen LogP contribution in [0.2, 0.25) is 0 Å². The Morgan fingerprint density at radius 1 is 1.03 bits per heavy atom. The maximum absolute atomic E-state index is 13.4. The molecule has 3 aromatic rings. The van der Waals surface area contributed by atoms with E-state index in [4.69, 9.17) is 0 Å². The molecular formula is C24H26N4O3S. The summed E-state index contributed by atoms with van der Waals surface area (Å²) >= 11 is 1.29. The monoisotopic (exact) mass is 450 g/mol. The molecule has 2 aromatic heterocycles. The number of carbonyl (C=O) groups excluding carboxylic acids is 3. The number of benzene rings is 1. The molecule has 7 nitrogen and oxygen atoms in total. The number of thiophene rings is 1. The summed E-state index contributed by atoms with van der Waals surface area (Å²) in [6, 6.07) is 15.0. The highest BCUT2D eigenvalue weighted by Gasteiger charge is 2.34. The third-order valence-corrected chi connectivity index (χ3v) is 5.33. The van der Waals surface area contributed by atoms with Crippen LogP contribution in [0, 0.1) is 0 Å². The zero-order valence-electron chi connectivity index (χ0n) is 18.2. The highest BCUT2D eigenvalue weighted by molar-refractivity contribution is 7.12. The lowest BCUT2D eigenvalue weighted by Gasteiger charge is -2.33. The molecule has 32 heavy (non-hydrogen) atoms. The normalized spacial score (nSPS) is 12.0. The molecule has 0 saturated heterocycles. The summed E-state index contributed by atoms with van der Waals surface area (Å²) in [6.07, 6.45) is 3.12. The molecular weight excluding hydrogens is 424 g/mol. The molecule has 0 saturated carbocycles. The van der Waals surface area contributed by atoms with Crippen LogP contribution in [-0.2, 0) is 9.59 Å². The number of amides is 3. The predicted molar refractivity (Wildman–Crippen MR) is 125 cm³/mol. The molecule has 1 aromatic carbocycles. The standard InChI is InChI=1S/C24H26N4O3S/c1-24(2,3)27-23(31)21(17-9-5-4-6-10-17)28(18-11-7-13-25-15-18)20(29)16-26-22(30)19-12-8-14-32-19/h4-15,21H,16H2,1-3H3,(H,26,30)(H,27,31)/t21-/m0/s1. The van der Waals surface area contributed by atoms with Crippen LogP contribution in [0.5, 0.6) is 0 Å². The van der Waals surface area contributed by atoms with Gasteiger partial charge in [0.15, 0.2) is 0 Å². The molecule has 2 heterocycles. The van der Waals surface area contributed by atoms with E-state index in [9.17, 15) is 14.4 Å². The van der Waals surface area contributed by atoms with Crippen LogP contribution in [0.1, 0.15) is 42.0 Å². The lowest BCUT2D eigenvalue weighted by molar-refractivity contribution is -0.127. The minimum atomic E-state index is -0.939. The van der Waals surface area contributed by atoms with Crippen molar-refractivity contribution in [3.05, 3.63) is 82.8 Å². The third kappa shape index (κ3) is 6.01. The van der Waals surface area contributed by atoms with Gasteiger partial charge in [0, 0.05) is 11.7 Å². The van der Waals surface area contributed by atoms with Crippen LogP contribution in [0.3, 0.4) is 0 Å². The third-order valence-electron chi connectivity index (χ3n) is 4.46. The maximum Gasteiger partial charge on any atom is 0.261 e. The second-order valence-corrected chi connectivity index (χ2v) is 9.14. The summed E-state index contributed by atoms with van der Waals surface area (Å²) in [7, 11) is 0. The minimum absolute atomic E-state index is 0.266. The van der Waals surface area contributed by atoms with E-state index >= 15 is 0 Å². The molecule has 3 amide bonds. The first kappa shape index (κ1) is 23.1. The first-order valence-corrected chi connectivity index (χ1v) is 11.0. The number of hydrogen-bond acceptors (Lipinski definition) is 5. The van der Waals surface area contributed by atoms with Gasteiger partial charge in [-0.3, -0.25) is 24.3 Å². The molecule has 0 aliphatic rings. The predicted octanol–water partition coefficient (Wildman–Crippen LogP) is 3.56. The Bertz CT molecular complexity index is 1050. The number of aromatic nitrogens is 1. The van der Waals surface area contributed by atoms with Crippen LogP contribution in [-0.4, -0.2) is 34.8 Å². The average Bonchev–Trinajstić information content (AvgIpc) is 3.30. The number of pyridine rings is 1. The first-order chi connectivity index (χ1) is 15.3. The Morgan fingerprint density at radius 2 is 1.78 bits per heavy atom. The molecule has 1 atom stereocenters. The van der Waals surface area contributed by atoms with Gasteiger partial charge in [-0.05, 0) is 49.9 Å². The van der Waals surface area contributed by atoms with Crippen LogP contribution < -0.4 is 15.5 Å². The lowest BCUT2D eigenvalue weighted by atomic mass is 10.0. The van der Waals surface area contributed by atoms with Gasteiger partial charge in [-0.15, -0.1) is 11.3 Å². The van der Waals surface area contributed by atoms with Gasteiger partial charge < -0.3 is 10.6 Å². The topological polar surface area (TPSA) is 91.4 Å². The van der Waals surface area contributed by atoms with Crippen molar-refractivity contribution in [3.63, 3.8) is 0 Å². The Balaban J connectivity index is 1.96. The molecule has 0 spiro atoms.